The summed E-state index contributed by atoms with van der Waals surface area (Å²) in [5.74, 6) is 1.58. The molecule has 0 atom stereocenters. The first-order valence-corrected chi connectivity index (χ1v) is 10.2. The van der Waals surface area contributed by atoms with Crippen molar-refractivity contribution >= 4 is 21.8 Å². The number of thioether (sulfide) groups is 1. The van der Waals surface area contributed by atoms with E-state index in [4.69, 9.17) is 4.74 Å². The second-order valence-corrected chi connectivity index (χ2v) is 8.52. The summed E-state index contributed by atoms with van der Waals surface area (Å²) in [5, 5.41) is 0.804. The van der Waals surface area contributed by atoms with Crippen LogP contribution in [0, 0.1) is 0 Å². The lowest BCUT2D eigenvalue weighted by Gasteiger charge is -2.15. The summed E-state index contributed by atoms with van der Waals surface area (Å²) < 4.78 is 31.7. The van der Waals surface area contributed by atoms with Crippen molar-refractivity contribution in [2.75, 3.05) is 20.2 Å². The maximum absolute atomic E-state index is 12.5. The topological polar surface area (TPSA) is 59.5 Å². The number of rotatable bonds is 6. The Morgan fingerprint density at radius 2 is 2.00 bits per heavy atom. The molecule has 0 spiro atoms. The zero-order valence-electron chi connectivity index (χ0n) is 13.5. The Hall–Kier alpha value is -1.57. The van der Waals surface area contributed by atoms with Gasteiger partial charge in [-0.1, -0.05) is 12.1 Å². The Labute approximate surface area is 147 Å². The molecule has 1 aromatic carbocycles. The highest BCUT2D eigenvalue weighted by molar-refractivity contribution is 7.98. The molecule has 0 amide bonds. The van der Waals surface area contributed by atoms with E-state index in [1.165, 1.54) is 10.5 Å². The Bertz CT molecular complexity index is 786. The first-order valence-electron chi connectivity index (χ1n) is 7.81. The molecule has 1 saturated heterocycles. The second-order valence-electron chi connectivity index (χ2n) is 5.58. The molecule has 0 saturated carbocycles. The molecule has 128 valence electrons. The molecule has 0 N–H and O–H groups in total. The fourth-order valence-electron chi connectivity index (χ4n) is 2.60. The summed E-state index contributed by atoms with van der Waals surface area (Å²) in [6.07, 6.45) is 3.32. The van der Waals surface area contributed by atoms with E-state index >= 15 is 0 Å². The number of aromatic nitrogens is 1. The van der Waals surface area contributed by atoms with Gasteiger partial charge in [-0.15, -0.1) is 11.8 Å². The summed E-state index contributed by atoms with van der Waals surface area (Å²) in [6.45, 7) is 1.21. The third-order valence-corrected chi connectivity index (χ3v) is 6.83. The number of ether oxygens (including phenoxy) is 1. The lowest BCUT2D eigenvalue weighted by atomic mass is 10.2. The van der Waals surface area contributed by atoms with Gasteiger partial charge >= 0.3 is 0 Å². The summed E-state index contributed by atoms with van der Waals surface area (Å²) in [7, 11) is -1.74. The van der Waals surface area contributed by atoms with Crippen LogP contribution in [-0.2, 0) is 15.8 Å². The van der Waals surface area contributed by atoms with E-state index in [0.29, 0.717) is 13.1 Å². The molecule has 2 aromatic rings. The minimum absolute atomic E-state index is 0.273. The van der Waals surface area contributed by atoms with Crippen LogP contribution in [0.4, 0.5) is 0 Å². The molecule has 5 nitrogen and oxygen atoms in total. The smallest absolute Gasteiger partial charge is 0.244 e. The third kappa shape index (κ3) is 3.91. The van der Waals surface area contributed by atoms with Crippen LogP contribution in [0.25, 0.3) is 0 Å². The summed E-state index contributed by atoms with van der Waals surface area (Å²) in [5.41, 5.74) is 1.13. The zero-order valence-corrected chi connectivity index (χ0v) is 15.1. The van der Waals surface area contributed by atoms with Crippen LogP contribution in [0.1, 0.15) is 18.4 Å². The van der Waals surface area contributed by atoms with Crippen LogP contribution in [0.5, 0.6) is 5.75 Å². The van der Waals surface area contributed by atoms with Gasteiger partial charge in [-0.05, 0) is 42.7 Å². The van der Waals surface area contributed by atoms with Gasteiger partial charge in [-0.3, -0.25) is 0 Å². The lowest BCUT2D eigenvalue weighted by Crippen LogP contribution is -2.27. The van der Waals surface area contributed by atoms with E-state index in [-0.39, 0.29) is 4.90 Å². The molecule has 0 unspecified atom stereocenters. The van der Waals surface area contributed by atoms with E-state index in [2.05, 4.69) is 4.98 Å². The predicted molar refractivity (Wildman–Crippen MR) is 94.8 cm³/mol. The number of nitrogens with zero attached hydrogens (tertiary/aromatic N) is 2. The van der Waals surface area contributed by atoms with Crippen molar-refractivity contribution in [2.24, 2.45) is 0 Å². The Morgan fingerprint density at radius 3 is 2.67 bits per heavy atom. The van der Waals surface area contributed by atoms with Crippen LogP contribution >= 0.6 is 11.8 Å². The average Bonchev–Trinajstić information content (AvgIpc) is 3.16. The Balaban J connectivity index is 1.66. The number of benzene rings is 1. The molecular weight excluding hydrogens is 344 g/mol. The molecule has 24 heavy (non-hydrogen) atoms. The van der Waals surface area contributed by atoms with Crippen LogP contribution in [0.2, 0.25) is 0 Å². The molecule has 1 aliphatic heterocycles. The highest BCUT2D eigenvalue weighted by Crippen LogP contribution is 2.25. The number of pyridine rings is 1. The highest BCUT2D eigenvalue weighted by Gasteiger charge is 2.27. The van der Waals surface area contributed by atoms with Gasteiger partial charge in [0, 0.05) is 25.0 Å². The molecule has 1 fully saturated rings. The van der Waals surface area contributed by atoms with Crippen molar-refractivity contribution in [3.63, 3.8) is 0 Å². The number of methoxy groups -OCH3 is 1. The van der Waals surface area contributed by atoms with Gasteiger partial charge in [0.25, 0.3) is 0 Å². The molecule has 3 rings (SSSR count). The van der Waals surface area contributed by atoms with Crippen LogP contribution < -0.4 is 4.74 Å². The van der Waals surface area contributed by atoms with Crippen molar-refractivity contribution in [3.05, 3.63) is 48.2 Å². The fourth-order valence-corrected chi connectivity index (χ4v) is 4.85. The summed E-state index contributed by atoms with van der Waals surface area (Å²) >= 11 is 1.57. The van der Waals surface area contributed by atoms with Crippen molar-refractivity contribution < 1.29 is 13.2 Å². The molecule has 0 radical (unpaired) electrons. The Kier molecular flexibility index (Phi) is 5.43. The van der Waals surface area contributed by atoms with Crippen molar-refractivity contribution in [2.45, 2.75) is 28.5 Å². The van der Waals surface area contributed by atoms with Crippen LogP contribution in [-0.4, -0.2) is 37.9 Å². The number of hydrogen-bond acceptors (Lipinski definition) is 5. The highest BCUT2D eigenvalue weighted by atomic mass is 32.2. The van der Waals surface area contributed by atoms with Gasteiger partial charge < -0.3 is 4.74 Å². The molecule has 2 heterocycles. The largest absolute Gasteiger partial charge is 0.497 e. The molecule has 0 bridgehead atoms. The minimum Gasteiger partial charge on any atom is -0.497 e. The quantitative estimate of drug-likeness (QED) is 0.737. The summed E-state index contributed by atoms with van der Waals surface area (Å²) in [4.78, 5) is 4.57. The van der Waals surface area contributed by atoms with Gasteiger partial charge in [-0.2, -0.15) is 4.31 Å². The molecular formula is C17H20N2O3S2. The van der Waals surface area contributed by atoms with Crippen molar-refractivity contribution in [1.82, 2.24) is 9.29 Å². The van der Waals surface area contributed by atoms with Gasteiger partial charge in [0.1, 0.15) is 10.6 Å². The Morgan fingerprint density at radius 1 is 1.21 bits per heavy atom. The lowest BCUT2D eigenvalue weighted by molar-refractivity contribution is 0.414. The van der Waals surface area contributed by atoms with E-state index in [9.17, 15) is 8.42 Å². The van der Waals surface area contributed by atoms with Crippen LogP contribution in [0.3, 0.4) is 0 Å². The van der Waals surface area contributed by atoms with Crippen molar-refractivity contribution in [1.29, 1.82) is 0 Å². The predicted octanol–water partition coefficient (Wildman–Crippen LogP) is 3.17. The van der Waals surface area contributed by atoms with Gasteiger partial charge in [0.05, 0.1) is 12.1 Å². The fraction of sp³-hybridized carbons (Fsp3) is 0.353. The molecule has 0 aliphatic carbocycles. The van der Waals surface area contributed by atoms with E-state index in [1.54, 1.807) is 31.0 Å². The first kappa shape index (κ1) is 17.3. The van der Waals surface area contributed by atoms with Crippen molar-refractivity contribution in [3.8, 4) is 5.75 Å². The van der Waals surface area contributed by atoms with E-state index in [1.807, 2.05) is 24.3 Å². The number of hydrogen-bond donors (Lipinski definition) is 0. The molecule has 1 aliphatic rings. The average molecular weight is 364 g/mol. The van der Waals surface area contributed by atoms with Gasteiger partial charge in [0.2, 0.25) is 10.0 Å². The van der Waals surface area contributed by atoms with Gasteiger partial charge in [0.15, 0.2) is 0 Å². The van der Waals surface area contributed by atoms with E-state index in [0.717, 1.165) is 34.9 Å². The normalized spacial score (nSPS) is 15.5. The second kappa shape index (κ2) is 7.55. The van der Waals surface area contributed by atoms with Gasteiger partial charge in [-0.25, -0.2) is 13.4 Å². The molecule has 1 aromatic heterocycles. The standard InChI is InChI=1S/C17H20N2O3S2/c1-22-15-6-4-5-14(11-15)13-23-17-8-7-16(12-18-17)24(20,21)19-9-2-3-10-19/h4-8,11-12H,2-3,9-10,13H2,1H3. The molecule has 7 heteroatoms. The summed E-state index contributed by atoms with van der Waals surface area (Å²) in [6, 6.07) is 11.3. The zero-order chi connectivity index (χ0) is 17.0. The SMILES string of the molecule is COc1cccc(CSc2ccc(S(=O)(=O)N3CCCC3)cn2)c1. The first-order chi connectivity index (χ1) is 11.6. The maximum Gasteiger partial charge on any atom is 0.244 e. The van der Waals surface area contributed by atoms with Crippen LogP contribution in [0.15, 0.2) is 52.5 Å². The van der Waals surface area contributed by atoms with E-state index < -0.39 is 10.0 Å². The maximum atomic E-state index is 12.5. The number of sulfonamides is 1. The minimum atomic E-state index is -3.39. The third-order valence-electron chi connectivity index (χ3n) is 3.93. The monoisotopic (exact) mass is 364 g/mol.